The summed E-state index contributed by atoms with van der Waals surface area (Å²) in [7, 11) is -4.06. The van der Waals surface area contributed by atoms with E-state index in [4.69, 9.17) is 4.84 Å². The van der Waals surface area contributed by atoms with Gasteiger partial charge in [0.15, 0.2) is 6.61 Å². The third kappa shape index (κ3) is 6.44. The van der Waals surface area contributed by atoms with Crippen LogP contribution in [0.5, 0.6) is 0 Å². The van der Waals surface area contributed by atoms with Crippen molar-refractivity contribution in [3.63, 3.8) is 0 Å². The summed E-state index contributed by atoms with van der Waals surface area (Å²) in [4.78, 5) is 16.7. The molecule has 1 aliphatic heterocycles. The number of halogens is 3. The average Bonchev–Trinajstić information content (AvgIpc) is 2.74. The number of carbonyl (C=O) groups excluding carboxylic acids is 1. The van der Waals surface area contributed by atoms with Crippen LogP contribution in [-0.2, 0) is 25.8 Å². The molecule has 0 bridgehead atoms. The maximum absolute atomic E-state index is 12.9. The molecule has 1 aliphatic carbocycles. The second kappa shape index (κ2) is 10.0. The number of hydrogen-bond donors (Lipinski definition) is 2. The number of nitrogens with zero attached hydrogens (tertiary/aromatic N) is 1. The molecule has 31 heavy (non-hydrogen) atoms. The molecule has 1 heterocycles. The fourth-order valence-corrected chi connectivity index (χ4v) is 5.08. The molecule has 3 rings (SSSR count). The van der Waals surface area contributed by atoms with E-state index in [-0.39, 0.29) is 38.1 Å². The minimum atomic E-state index is -4.62. The molecule has 0 unspecified atom stereocenters. The van der Waals surface area contributed by atoms with Crippen molar-refractivity contribution >= 4 is 15.9 Å². The number of alkyl halides is 3. The molecular weight excluding hydrogens is 435 g/mol. The van der Waals surface area contributed by atoms with E-state index in [2.05, 4.69) is 10.8 Å². The lowest BCUT2D eigenvalue weighted by Gasteiger charge is -2.26. The molecule has 0 atom stereocenters. The van der Waals surface area contributed by atoms with E-state index in [9.17, 15) is 26.4 Å². The van der Waals surface area contributed by atoms with Crippen LogP contribution >= 0.6 is 0 Å². The van der Waals surface area contributed by atoms with Gasteiger partial charge in [0.25, 0.3) is 0 Å². The number of hydrogen-bond acceptors (Lipinski definition) is 5. The Morgan fingerprint density at radius 1 is 1.19 bits per heavy atom. The lowest BCUT2D eigenvalue weighted by Crippen LogP contribution is -2.40. The molecule has 2 aliphatic rings. The summed E-state index contributed by atoms with van der Waals surface area (Å²) in [6.45, 7) is -0.103. The fourth-order valence-electron chi connectivity index (χ4n) is 3.65. The monoisotopic (exact) mass is 461 g/mol. The van der Waals surface area contributed by atoms with E-state index >= 15 is 0 Å². The molecular formula is C20H26F3N3O4S. The maximum Gasteiger partial charge on any atom is 0.416 e. The highest BCUT2D eigenvalue weighted by molar-refractivity contribution is 7.89. The van der Waals surface area contributed by atoms with Gasteiger partial charge in [0, 0.05) is 31.2 Å². The van der Waals surface area contributed by atoms with Gasteiger partial charge in [-0.2, -0.15) is 17.5 Å². The van der Waals surface area contributed by atoms with Crippen LogP contribution in [0.25, 0.3) is 0 Å². The standard InChI is InChI=1S/C20H26F3N3O4S/c21-20(22,23)15-5-4-8-18(13-15)31(28,29)26-11-9-17(10-12-26)25-30-14-19(27)24-16-6-2-1-3-7-16/h4-5,8-9,13,16,25H,1-3,6-7,10-12,14H2,(H,24,27). The van der Waals surface area contributed by atoms with Crippen LogP contribution in [0, 0.1) is 0 Å². The Kier molecular flexibility index (Phi) is 7.60. The highest BCUT2D eigenvalue weighted by atomic mass is 32.2. The zero-order valence-corrected chi connectivity index (χ0v) is 17.8. The van der Waals surface area contributed by atoms with E-state index < -0.39 is 26.7 Å². The summed E-state index contributed by atoms with van der Waals surface area (Å²) >= 11 is 0. The third-order valence-corrected chi connectivity index (χ3v) is 7.21. The molecule has 1 fully saturated rings. The van der Waals surface area contributed by atoms with Crippen molar-refractivity contribution in [1.29, 1.82) is 0 Å². The number of nitrogens with one attached hydrogen (secondary N) is 2. The zero-order chi connectivity index (χ0) is 22.5. The lowest BCUT2D eigenvalue weighted by molar-refractivity contribution is -0.137. The third-order valence-electron chi connectivity index (χ3n) is 5.35. The van der Waals surface area contributed by atoms with E-state index in [0.717, 1.165) is 48.2 Å². The summed E-state index contributed by atoms with van der Waals surface area (Å²) < 4.78 is 65.1. The van der Waals surface area contributed by atoms with Crippen LogP contribution in [0.2, 0.25) is 0 Å². The summed E-state index contributed by atoms with van der Waals surface area (Å²) in [5.74, 6) is -0.218. The Morgan fingerprint density at radius 3 is 2.58 bits per heavy atom. The molecule has 0 aromatic heterocycles. The molecule has 1 aromatic rings. The Morgan fingerprint density at radius 2 is 1.94 bits per heavy atom. The van der Waals surface area contributed by atoms with Crippen LogP contribution in [0.1, 0.15) is 44.1 Å². The molecule has 11 heteroatoms. The van der Waals surface area contributed by atoms with Crippen molar-refractivity contribution in [3.05, 3.63) is 41.6 Å². The molecule has 1 amide bonds. The Bertz CT molecular complexity index is 912. The normalized spacial score (nSPS) is 19.0. The van der Waals surface area contributed by atoms with E-state index in [1.54, 1.807) is 6.08 Å². The Balaban J connectivity index is 1.49. The van der Waals surface area contributed by atoms with Gasteiger partial charge in [-0.15, -0.1) is 0 Å². The first-order chi connectivity index (χ1) is 14.7. The molecule has 7 nitrogen and oxygen atoms in total. The Hall–Kier alpha value is -2.11. The largest absolute Gasteiger partial charge is 0.416 e. The second-order valence-electron chi connectivity index (χ2n) is 7.66. The number of benzene rings is 1. The average molecular weight is 462 g/mol. The van der Waals surface area contributed by atoms with Crippen molar-refractivity contribution in [2.24, 2.45) is 0 Å². The lowest BCUT2D eigenvalue weighted by atomic mass is 9.95. The van der Waals surface area contributed by atoms with Crippen LogP contribution < -0.4 is 10.8 Å². The van der Waals surface area contributed by atoms with Gasteiger partial charge in [0.05, 0.1) is 10.5 Å². The van der Waals surface area contributed by atoms with Gasteiger partial charge in [0.2, 0.25) is 15.9 Å². The predicted molar refractivity (Wildman–Crippen MR) is 107 cm³/mol. The fraction of sp³-hybridized carbons (Fsp3) is 0.550. The molecule has 0 spiro atoms. The molecule has 0 radical (unpaired) electrons. The van der Waals surface area contributed by atoms with Crippen molar-refractivity contribution in [2.75, 3.05) is 19.7 Å². The minimum absolute atomic E-state index is 0.0153. The molecule has 0 saturated heterocycles. The molecule has 1 saturated carbocycles. The summed E-state index contributed by atoms with van der Waals surface area (Å²) in [5.41, 5.74) is 2.26. The Labute approximate surface area is 179 Å². The van der Waals surface area contributed by atoms with Gasteiger partial charge in [-0.05, 0) is 37.1 Å². The van der Waals surface area contributed by atoms with E-state index in [1.165, 1.54) is 6.42 Å². The first kappa shape index (κ1) is 23.6. The van der Waals surface area contributed by atoms with Gasteiger partial charge >= 0.3 is 6.18 Å². The van der Waals surface area contributed by atoms with Gasteiger partial charge in [-0.25, -0.2) is 8.42 Å². The number of sulfonamides is 1. The van der Waals surface area contributed by atoms with Gasteiger partial charge < -0.3 is 5.32 Å². The van der Waals surface area contributed by atoms with Crippen molar-refractivity contribution in [1.82, 2.24) is 15.1 Å². The first-order valence-electron chi connectivity index (χ1n) is 10.2. The predicted octanol–water partition coefficient (Wildman–Crippen LogP) is 2.95. The highest BCUT2D eigenvalue weighted by Crippen LogP contribution is 2.31. The summed E-state index contributed by atoms with van der Waals surface area (Å²) in [6.07, 6.45) is 2.59. The van der Waals surface area contributed by atoms with Crippen molar-refractivity contribution in [3.8, 4) is 0 Å². The maximum atomic E-state index is 12.9. The number of hydroxylamine groups is 1. The van der Waals surface area contributed by atoms with Crippen LogP contribution in [0.15, 0.2) is 40.9 Å². The van der Waals surface area contributed by atoms with Gasteiger partial charge in [-0.1, -0.05) is 25.3 Å². The molecule has 1 aromatic carbocycles. The first-order valence-corrected chi connectivity index (χ1v) is 11.6. The van der Waals surface area contributed by atoms with Crippen LogP contribution in [0.3, 0.4) is 0 Å². The van der Waals surface area contributed by atoms with Crippen LogP contribution in [-0.4, -0.2) is 44.4 Å². The summed E-state index contributed by atoms with van der Waals surface area (Å²) in [6, 6.07) is 3.89. The topological polar surface area (TPSA) is 87.7 Å². The number of carbonyl (C=O) groups is 1. The van der Waals surface area contributed by atoms with E-state index in [1.807, 2.05) is 0 Å². The van der Waals surface area contributed by atoms with Gasteiger partial charge in [0.1, 0.15) is 0 Å². The van der Waals surface area contributed by atoms with E-state index in [0.29, 0.717) is 11.8 Å². The SMILES string of the molecule is O=C(CONC1=CCN(S(=O)(=O)c2cccc(C(F)(F)F)c2)CC1)NC1CCCCC1. The van der Waals surface area contributed by atoms with Gasteiger partial charge in [-0.3, -0.25) is 15.1 Å². The van der Waals surface area contributed by atoms with Crippen molar-refractivity contribution in [2.45, 2.75) is 55.6 Å². The highest BCUT2D eigenvalue weighted by Gasteiger charge is 2.33. The minimum Gasteiger partial charge on any atom is -0.351 e. The van der Waals surface area contributed by atoms with Crippen LogP contribution in [0.4, 0.5) is 13.2 Å². The van der Waals surface area contributed by atoms with Crippen molar-refractivity contribution < 1.29 is 31.2 Å². The molecule has 172 valence electrons. The zero-order valence-electron chi connectivity index (χ0n) is 17.0. The summed E-state index contributed by atoms with van der Waals surface area (Å²) in [5, 5.41) is 2.93. The smallest absolute Gasteiger partial charge is 0.351 e. The second-order valence-corrected chi connectivity index (χ2v) is 9.60. The number of amides is 1. The molecule has 2 N–H and O–H groups in total. The quantitative estimate of drug-likeness (QED) is 0.610. The number of rotatable bonds is 7.